The van der Waals surface area contributed by atoms with Gasteiger partial charge in [0, 0.05) is 19.0 Å². The summed E-state index contributed by atoms with van der Waals surface area (Å²) in [6.07, 6.45) is 4.21. The Morgan fingerprint density at radius 2 is 2.21 bits per heavy atom. The Hall–Kier alpha value is -1.62. The van der Waals surface area contributed by atoms with E-state index in [0.717, 1.165) is 31.1 Å². The summed E-state index contributed by atoms with van der Waals surface area (Å²) in [5.74, 6) is 2.56. The Balaban J connectivity index is 1.83. The zero-order valence-corrected chi connectivity index (χ0v) is 11.8. The SMILES string of the molecule is CC(C)Cn1ncnc1CNC(C)Cc1ccco1. The second kappa shape index (κ2) is 6.52. The van der Waals surface area contributed by atoms with Gasteiger partial charge in [0.1, 0.15) is 17.9 Å². The summed E-state index contributed by atoms with van der Waals surface area (Å²) in [6, 6.07) is 4.26. The molecule has 19 heavy (non-hydrogen) atoms. The van der Waals surface area contributed by atoms with Gasteiger partial charge in [-0.1, -0.05) is 13.8 Å². The van der Waals surface area contributed by atoms with Crippen molar-refractivity contribution in [1.82, 2.24) is 20.1 Å². The van der Waals surface area contributed by atoms with Crippen LogP contribution >= 0.6 is 0 Å². The Kier molecular flexibility index (Phi) is 4.74. The Bertz CT molecular complexity index is 475. The van der Waals surface area contributed by atoms with Gasteiger partial charge >= 0.3 is 0 Å². The molecule has 0 bridgehead atoms. The van der Waals surface area contributed by atoms with Gasteiger partial charge in [0.25, 0.3) is 0 Å². The topological polar surface area (TPSA) is 55.9 Å². The Morgan fingerprint density at radius 1 is 1.37 bits per heavy atom. The van der Waals surface area contributed by atoms with Gasteiger partial charge in [-0.3, -0.25) is 0 Å². The fourth-order valence-electron chi connectivity index (χ4n) is 1.99. The normalized spacial score (nSPS) is 13.1. The Labute approximate surface area is 114 Å². The molecule has 0 spiro atoms. The predicted octanol–water partition coefficient (Wildman–Crippen LogP) is 2.25. The van der Waals surface area contributed by atoms with Crippen molar-refractivity contribution in [3.8, 4) is 0 Å². The summed E-state index contributed by atoms with van der Waals surface area (Å²) in [4.78, 5) is 4.30. The van der Waals surface area contributed by atoms with Gasteiger partial charge in [-0.2, -0.15) is 5.10 Å². The molecule has 0 aliphatic heterocycles. The molecule has 0 fully saturated rings. The van der Waals surface area contributed by atoms with Crippen molar-refractivity contribution in [3.05, 3.63) is 36.3 Å². The van der Waals surface area contributed by atoms with E-state index < -0.39 is 0 Å². The van der Waals surface area contributed by atoms with E-state index in [1.165, 1.54) is 0 Å². The van der Waals surface area contributed by atoms with E-state index in [-0.39, 0.29) is 0 Å². The van der Waals surface area contributed by atoms with E-state index in [1.54, 1.807) is 12.6 Å². The number of hydrogen-bond acceptors (Lipinski definition) is 4. The van der Waals surface area contributed by atoms with Crippen LogP contribution in [-0.2, 0) is 19.5 Å². The lowest BCUT2D eigenvalue weighted by atomic mass is 10.2. The highest BCUT2D eigenvalue weighted by Gasteiger charge is 2.09. The predicted molar refractivity (Wildman–Crippen MR) is 73.6 cm³/mol. The molecule has 0 aliphatic rings. The highest BCUT2D eigenvalue weighted by Crippen LogP contribution is 2.05. The molecule has 0 saturated carbocycles. The van der Waals surface area contributed by atoms with Crippen LogP contribution in [0, 0.1) is 5.92 Å². The fraction of sp³-hybridized carbons (Fsp3) is 0.571. The smallest absolute Gasteiger partial charge is 0.140 e. The minimum atomic E-state index is 0.343. The van der Waals surface area contributed by atoms with Crippen molar-refractivity contribution in [3.63, 3.8) is 0 Å². The molecule has 5 heteroatoms. The summed E-state index contributed by atoms with van der Waals surface area (Å²) >= 11 is 0. The molecular formula is C14H22N4O. The molecule has 2 aromatic rings. The quantitative estimate of drug-likeness (QED) is 0.831. The largest absolute Gasteiger partial charge is 0.469 e. The van der Waals surface area contributed by atoms with Crippen LogP contribution in [0.3, 0.4) is 0 Å². The van der Waals surface area contributed by atoms with Gasteiger partial charge in [0.05, 0.1) is 12.8 Å². The maximum Gasteiger partial charge on any atom is 0.140 e. The summed E-state index contributed by atoms with van der Waals surface area (Å²) in [5.41, 5.74) is 0. The molecule has 5 nitrogen and oxygen atoms in total. The summed E-state index contributed by atoms with van der Waals surface area (Å²) in [7, 11) is 0. The number of nitrogens with one attached hydrogen (secondary N) is 1. The van der Waals surface area contributed by atoms with Gasteiger partial charge in [-0.05, 0) is 25.0 Å². The van der Waals surface area contributed by atoms with Crippen molar-refractivity contribution >= 4 is 0 Å². The molecule has 0 aromatic carbocycles. The number of nitrogens with zero attached hydrogens (tertiary/aromatic N) is 3. The van der Waals surface area contributed by atoms with Crippen molar-refractivity contribution in [1.29, 1.82) is 0 Å². The molecule has 1 atom stereocenters. The van der Waals surface area contributed by atoms with Gasteiger partial charge in [-0.15, -0.1) is 0 Å². The van der Waals surface area contributed by atoms with Crippen LogP contribution in [0.25, 0.3) is 0 Å². The molecule has 1 N–H and O–H groups in total. The molecule has 104 valence electrons. The maximum absolute atomic E-state index is 5.34. The third-order valence-corrected chi connectivity index (χ3v) is 2.93. The summed E-state index contributed by atoms with van der Waals surface area (Å²) in [5, 5.41) is 7.71. The van der Waals surface area contributed by atoms with Gasteiger partial charge in [0.15, 0.2) is 0 Å². The first-order valence-electron chi connectivity index (χ1n) is 6.77. The lowest BCUT2D eigenvalue weighted by Gasteiger charge is -2.13. The van der Waals surface area contributed by atoms with E-state index in [4.69, 9.17) is 4.42 Å². The first-order valence-corrected chi connectivity index (χ1v) is 6.77. The Morgan fingerprint density at radius 3 is 2.89 bits per heavy atom. The molecule has 2 heterocycles. The van der Waals surface area contributed by atoms with Crippen molar-refractivity contribution in [2.45, 2.75) is 46.3 Å². The summed E-state index contributed by atoms with van der Waals surface area (Å²) in [6.45, 7) is 8.14. The first-order chi connectivity index (χ1) is 9.15. The molecule has 2 rings (SSSR count). The lowest BCUT2D eigenvalue weighted by Crippen LogP contribution is -2.29. The molecule has 0 saturated heterocycles. The van der Waals surface area contributed by atoms with Gasteiger partial charge in [0.2, 0.25) is 0 Å². The van der Waals surface area contributed by atoms with Crippen LogP contribution in [0.4, 0.5) is 0 Å². The number of hydrogen-bond donors (Lipinski definition) is 1. The lowest BCUT2D eigenvalue weighted by molar-refractivity contribution is 0.430. The highest BCUT2D eigenvalue weighted by atomic mass is 16.3. The van der Waals surface area contributed by atoms with Crippen LogP contribution in [0.15, 0.2) is 29.1 Å². The molecule has 1 unspecified atom stereocenters. The molecule has 0 aliphatic carbocycles. The average molecular weight is 262 g/mol. The van der Waals surface area contributed by atoms with E-state index in [0.29, 0.717) is 12.0 Å². The molecule has 0 radical (unpaired) electrons. The second-order valence-corrected chi connectivity index (χ2v) is 5.32. The summed E-state index contributed by atoms with van der Waals surface area (Å²) < 4.78 is 7.31. The molecule has 0 amide bonds. The van der Waals surface area contributed by atoms with Crippen LogP contribution < -0.4 is 5.32 Å². The van der Waals surface area contributed by atoms with E-state index in [1.807, 2.05) is 16.8 Å². The van der Waals surface area contributed by atoms with Crippen molar-refractivity contribution in [2.75, 3.05) is 0 Å². The van der Waals surface area contributed by atoms with E-state index in [9.17, 15) is 0 Å². The van der Waals surface area contributed by atoms with Crippen LogP contribution in [0.1, 0.15) is 32.4 Å². The van der Waals surface area contributed by atoms with Crippen LogP contribution in [0.5, 0.6) is 0 Å². The molecule has 2 aromatic heterocycles. The van der Waals surface area contributed by atoms with Gasteiger partial charge in [-0.25, -0.2) is 9.67 Å². The first kappa shape index (κ1) is 13.8. The van der Waals surface area contributed by atoms with E-state index in [2.05, 4.69) is 36.2 Å². The maximum atomic E-state index is 5.34. The fourth-order valence-corrected chi connectivity index (χ4v) is 1.99. The number of aromatic nitrogens is 3. The molecular weight excluding hydrogens is 240 g/mol. The van der Waals surface area contributed by atoms with E-state index >= 15 is 0 Å². The monoisotopic (exact) mass is 262 g/mol. The average Bonchev–Trinajstić information content (AvgIpc) is 2.97. The highest BCUT2D eigenvalue weighted by molar-refractivity contribution is 5.00. The standard InChI is InChI=1S/C14H22N4O/c1-11(2)9-18-14(16-10-17-18)8-15-12(3)7-13-5-4-6-19-13/h4-6,10-12,15H,7-9H2,1-3H3. The minimum absolute atomic E-state index is 0.343. The zero-order chi connectivity index (χ0) is 13.7. The van der Waals surface area contributed by atoms with Gasteiger partial charge < -0.3 is 9.73 Å². The number of furan rings is 1. The van der Waals surface area contributed by atoms with Crippen LogP contribution in [0.2, 0.25) is 0 Å². The minimum Gasteiger partial charge on any atom is -0.469 e. The van der Waals surface area contributed by atoms with Crippen molar-refractivity contribution in [2.24, 2.45) is 5.92 Å². The second-order valence-electron chi connectivity index (χ2n) is 5.32. The third-order valence-electron chi connectivity index (χ3n) is 2.93. The zero-order valence-electron chi connectivity index (χ0n) is 11.8. The van der Waals surface area contributed by atoms with Crippen LogP contribution in [-0.4, -0.2) is 20.8 Å². The third kappa shape index (κ3) is 4.21. The number of rotatable bonds is 7. The van der Waals surface area contributed by atoms with Crippen molar-refractivity contribution < 1.29 is 4.42 Å².